The summed E-state index contributed by atoms with van der Waals surface area (Å²) in [5, 5.41) is 10.3. The Hall–Kier alpha value is -0.0800. The lowest BCUT2D eigenvalue weighted by Crippen LogP contribution is -2.40. The Balaban J connectivity index is 1.84. The Morgan fingerprint density at radius 1 is 1.12 bits per heavy atom. The van der Waals surface area contributed by atoms with E-state index >= 15 is 0 Å². The van der Waals surface area contributed by atoms with E-state index < -0.39 is 0 Å². The maximum Gasteiger partial charge on any atom is 0.0631 e. The van der Waals surface area contributed by atoms with Gasteiger partial charge in [-0.3, -0.25) is 0 Å². The fraction of sp³-hybridized carbons (Fsp3) is 1.00. The molecule has 0 saturated heterocycles. The normalized spacial score (nSPS) is 34.4. The van der Waals surface area contributed by atoms with Gasteiger partial charge >= 0.3 is 0 Å². The molecule has 0 heterocycles. The molecule has 0 aliphatic heterocycles. The van der Waals surface area contributed by atoms with Crippen LogP contribution in [0.2, 0.25) is 0 Å². The number of nitrogens with zero attached hydrogens (tertiary/aromatic N) is 1. The molecule has 2 unspecified atom stereocenters. The van der Waals surface area contributed by atoms with Gasteiger partial charge in [-0.25, -0.2) is 0 Å². The van der Waals surface area contributed by atoms with Crippen molar-refractivity contribution in [2.45, 2.75) is 70.9 Å². The van der Waals surface area contributed by atoms with Crippen molar-refractivity contribution < 1.29 is 5.11 Å². The van der Waals surface area contributed by atoms with E-state index in [0.717, 1.165) is 12.6 Å². The Morgan fingerprint density at radius 2 is 1.76 bits per heavy atom. The lowest BCUT2D eigenvalue weighted by Gasteiger charge is -2.34. The van der Waals surface area contributed by atoms with Gasteiger partial charge in [-0.2, -0.15) is 0 Å². The van der Waals surface area contributed by atoms with E-state index in [1.165, 1.54) is 44.9 Å². The maximum atomic E-state index is 10.3. The number of aliphatic hydroxyl groups is 1. The summed E-state index contributed by atoms with van der Waals surface area (Å²) in [5.41, 5.74) is 0.137. The van der Waals surface area contributed by atoms with Crippen LogP contribution in [0, 0.1) is 11.3 Å². The topological polar surface area (TPSA) is 23.5 Å². The van der Waals surface area contributed by atoms with Crippen molar-refractivity contribution in [3.05, 3.63) is 0 Å². The average Bonchev–Trinajstić information content (AvgIpc) is 2.57. The van der Waals surface area contributed by atoms with Crippen LogP contribution in [0.5, 0.6) is 0 Å². The fourth-order valence-electron chi connectivity index (χ4n) is 3.73. The minimum Gasteiger partial charge on any atom is -0.392 e. The van der Waals surface area contributed by atoms with Gasteiger partial charge in [0.2, 0.25) is 0 Å². The van der Waals surface area contributed by atoms with Crippen molar-refractivity contribution >= 4 is 0 Å². The molecule has 0 bridgehead atoms. The highest BCUT2D eigenvalue weighted by atomic mass is 16.3. The summed E-state index contributed by atoms with van der Waals surface area (Å²) < 4.78 is 0. The van der Waals surface area contributed by atoms with Gasteiger partial charge in [0, 0.05) is 12.6 Å². The van der Waals surface area contributed by atoms with Crippen LogP contribution in [0.15, 0.2) is 0 Å². The second-order valence-corrected chi connectivity index (χ2v) is 6.96. The number of aliphatic hydroxyl groups excluding tert-OH is 1. The summed E-state index contributed by atoms with van der Waals surface area (Å²) in [4.78, 5) is 2.52. The highest BCUT2D eigenvalue weighted by Crippen LogP contribution is 2.41. The first-order valence-corrected chi connectivity index (χ1v) is 7.39. The summed E-state index contributed by atoms with van der Waals surface area (Å²) in [6, 6.07) is 0.777. The molecule has 0 aromatic rings. The van der Waals surface area contributed by atoms with Crippen LogP contribution < -0.4 is 0 Å². The third-order valence-electron chi connectivity index (χ3n) is 5.13. The smallest absolute Gasteiger partial charge is 0.0631 e. The largest absolute Gasteiger partial charge is 0.392 e. The molecule has 2 fully saturated rings. The van der Waals surface area contributed by atoms with Crippen molar-refractivity contribution in [3.8, 4) is 0 Å². The van der Waals surface area contributed by atoms with Crippen LogP contribution in [-0.2, 0) is 0 Å². The van der Waals surface area contributed by atoms with Crippen molar-refractivity contribution in [2.75, 3.05) is 13.6 Å². The van der Waals surface area contributed by atoms with Gasteiger partial charge in [0.15, 0.2) is 0 Å². The van der Waals surface area contributed by atoms with Crippen molar-refractivity contribution in [3.63, 3.8) is 0 Å². The monoisotopic (exact) mass is 239 g/mol. The second-order valence-electron chi connectivity index (χ2n) is 6.96. The molecule has 0 aromatic carbocycles. The lowest BCUT2D eigenvalue weighted by molar-refractivity contribution is 0.0282. The van der Waals surface area contributed by atoms with Crippen LogP contribution in [-0.4, -0.2) is 35.7 Å². The molecule has 0 amide bonds. The van der Waals surface area contributed by atoms with Crippen molar-refractivity contribution in [2.24, 2.45) is 11.3 Å². The first kappa shape index (κ1) is 13.4. The van der Waals surface area contributed by atoms with Crippen LogP contribution in [0.1, 0.15) is 58.8 Å². The first-order valence-electron chi connectivity index (χ1n) is 7.39. The zero-order valence-corrected chi connectivity index (χ0v) is 11.8. The van der Waals surface area contributed by atoms with Crippen molar-refractivity contribution in [1.82, 2.24) is 4.90 Å². The minimum absolute atomic E-state index is 0.103. The van der Waals surface area contributed by atoms with E-state index in [0.29, 0.717) is 5.92 Å². The van der Waals surface area contributed by atoms with E-state index in [9.17, 15) is 5.11 Å². The van der Waals surface area contributed by atoms with E-state index in [1.54, 1.807) is 0 Å². The SMILES string of the molecule is CN(CC1CCC(C)(C)C1O)C1CCCCC1. The molecule has 2 aliphatic carbocycles. The van der Waals surface area contributed by atoms with Crippen molar-refractivity contribution in [1.29, 1.82) is 0 Å². The van der Waals surface area contributed by atoms with Gasteiger partial charge in [0.05, 0.1) is 6.10 Å². The van der Waals surface area contributed by atoms with E-state index in [4.69, 9.17) is 0 Å². The summed E-state index contributed by atoms with van der Waals surface area (Å²) >= 11 is 0. The molecule has 0 radical (unpaired) electrons. The summed E-state index contributed by atoms with van der Waals surface area (Å²) in [6.45, 7) is 5.51. The third-order valence-corrected chi connectivity index (χ3v) is 5.13. The lowest BCUT2D eigenvalue weighted by atomic mass is 9.87. The zero-order valence-electron chi connectivity index (χ0n) is 11.8. The number of hydrogen-bond donors (Lipinski definition) is 1. The summed E-state index contributed by atoms with van der Waals surface area (Å²) in [7, 11) is 2.26. The molecule has 1 N–H and O–H groups in total. The molecular formula is C15H29NO. The van der Waals surface area contributed by atoms with Gasteiger partial charge in [0.1, 0.15) is 0 Å². The van der Waals surface area contributed by atoms with Crippen LogP contribution in [0.3, 0.4) is 0 Å². The molecular weight excluding hydrogens is 210 g/mol. The predicted octanol–water partition coefficient (Wildman–Crippen LogP) is 3.05. The molecule has 17 heavy (non-hydrogen) atoms. The Labute approximate surface area is 106 Å². The molecule has 2 rings (SSSR count). The van der Waals surface area contributed by atoms with Gasteiger partial charge in [-0.05, 0) is 44.1 Å². The van der Waals surface area contributed by atoms with Crippen LogP contribution in [0.25, 0.3) is 0 Å². The van der Waals surface area contributed by atoms with E-state index in [1.807, 2.05) is 0 Å². The molecule has 2 aliphatic rings. The van der Waals surface area contributed by atoms with Gasteiger partial charge in [-0.1, -0.05) is 33.1 Å². The summed E-state index contributed by atoms with van der Waals surface area (Å²) in [5.74, 6) is 0.497. The fourth-order valence-corrected chi connectivity index (χ4v) is 3.73. The minimum atomic E-state index is -0.103. The highest BCUT2D eigenvalue weighted by molar-refractivity contribution is 4.92. The molecule has 2 heteroatoms. The Kier molecular flexibility index (Phi) is 4.14. The Morgan fingerprint density at radius 3 is 2.29 bits per heavy atom. The molecule has 2 nitrogen and oxygen atoms in total. The molecule has 2 atom stereocenters. The third kappa shape index (κ3) is 3.03. The van der Waals surface area contributed by atoms with E-state index in [2.05, 4.69) is 25.8 Å². The second kappa shape index (κ2) is 5.27. The Bertz CT molecular complexity index is 245. The van der Waals surface area contributed by atoms with Gasteiger partial charge in [0.25, 0.3) is 0 Å². The molecule has 0 spiro atoms. The highest BCUT2D eigenvalue weighted by Gasteiger charge is 2.41. The van der Waals surface area contributed by atoms with Gasteiger partial charge in [-0.15, -0.1) is 0 Å². The van der Waals surface area contributed by atoms with E-state index in [-0.39, 0.29) is 11.5 Å². The average molecular weight is 239 g/mol. The molecule has 2 saturated carbocycles. The molecule has 0 aromatic heterocycles. The zero-order chi connectivity index (χ0) is 12.5. The molecule has 100 valence electrons. The van der Waals surface area contributed by atoms with Crippen LogP contribution in [0.4, 0.5) is 0 Å². The quantitative estimate of drug-likeness (QED) is 0.818. The number of hydrogen-bond acceptors (Lipinski definition) is 2. The maximum absolute atomic E-state index is 10.3. The number of rotatable bonds is 3. The van der Waals surface area contributed by atoms with Crippen LogP contribution >= 0.6 is 0 Å². The summed E-state index contributed by atoms with van der Waals surface area (Å²) in [6.07, 6.45) is 9.22. The van der Waals surface area contributed by atoms with Gasteiger partial charge < -0.3 is 10.0 Å². The first-order chi connectivity index (χ1) is 8.00. The standard InChI is InChI=1S/C15H29NO/c1-15(2)10-9-12(14(15)17)11-16(3)13-7-5-4-6-8-13/h12-14,17H,4-11H2,1-3H3. The predicted molar refractivity (Wildman–Crippen MR) is 72.0 cm³/mol.